The van der Waals surface area contributed by atoms with Crippen molar-refractivity contribution in [2.45, 2.75) is 26.7 Å². The van der Waals surface area contributed by atoms with Gasteiger partial charge in [0.2, 0.25) is 5.91 Å². The van der Waals surface area contributed by atoms with Crippen LogP contribution in [0.4, 0.5) is 5.69 Å². The second-order valence-corrected chi connectivity index (χ2v) is 8.83. The number of nitro benzene ring substituents is 1. The molecule has 1 aromatic rings. The maximum absolute atomic E-state index is 12.8. The van der Waals surface area contributed by atoms with Crippen molar-refractivity contribution in [2.75, 3.05) is 47.4 Å². The van der Waals surface area contributed by atoms with E-state index in [4.69, 9.17) is 4.74 Å². The van der Waals surface area contributed by atoms with E-state index in [1.165, 1.54) is 25.3 Å². The molecule has 9 heteroatoms. The summed E-state index contributed by atoms with van der Waals surface area (Å²) in [6.45, 7) is 6.58. The normalized spacial score (nSPS) is 15.2. The van der Waals surface area contributed by atoms with Gasteiger partial charge in [-0.25, -0.2) is 0 Å². The average Bonchev–Trinajstić information content (AvgIpc) is 2.70. The van der Waals surface area contributed by atoms with Gasteiger partial charge in [0.1, 0.15) is 0 Å². The third kappa shape index (κ3) is 6.16. The predicted molar refractivity (Wildman–Crippen MR) is 114 cm³/mol. The molecule has 1 aliphatic heterocycles. The smallest absolute Gasteiger partial charge is 0.311 e. The monoisotopic (exact) mass is 420 g/mol. The summed E-state index contributed by atoms with van der Waals surface area (Å²) in [7, 11) is 5.36. The van der Waals surface area contributed by atoms with Crippen LogP contribution in [-0.4, -0.2) is 73.9 Å². The highest BCUT2D eigenvalue weighted by atomic mass is 16.6. The second kappa shape index (κ2) is 9.88. The van der Waals surface area contributed by atoms with Crippen LogP contribution in [0.1, 0.15) is 37.0 Å². The molecule has 0 aromatic heterocycles. The number of amides is 2. The molecule has 0 saturated carbocycles. The fourth-order valence-electron chi connectivity index (χ4n) is 3.88. The molecule has 1 heterocycles. The quantitative estimate of drug-likeness (QED) is 0.510. The minimum absolute atomic E-state index is 0.0222. The highest BCUT2D eigenvalue weighted by Gasteiger charge is 2.30. The van der Waals surface area contributed by atoms with E-state index in [9.17, 15) is 19.7 Å². The Balaban J connectivity index is 1.92. The summed E-state index contributed by atoms with van der Waals surface area (Å²) in [4.78, 5) is 39.7. The lowest BCUT2D eigenvalue weighted by Gasteiger charge is -2.33. The maximum atomic E-state index is 12.8. The van der Waals surface area contributed by atoms with Gasteiger partial charge in [0, 0.05) is 43.7 Å². The summed E-state index contributed by atoms with van der Waals surface area (Å²) in [5.74, 6) is -0.265. The van der Waals surface area contributed by atoms with Crippen molar-refractivity contribution in [3.05, 3.63) is 33.9 Å². The Labute approximate surface area is 177 Å². The number of carbonyl (C=O) groups is 2. The first kappa shape index (κ1) is 23.6. The van der Waals surface area contributed by atoms with Crippen molar-refractivity contribution in [2.24, 2.45) is 11.3 Å². The molecule has 2 rings (SSSR count). The Morgan fingerprint density at radius 1 is 1.30 bits per heavy atom. The molecule has 166 valence electrons. The number of nitro groups is 1. The predicted octanol–water partition coefficient (Wildman–Crippen LogP) is 2.16. The van der Waals surface area contributed by atoms with Crippen LogP contribution in [0.25, 0.3) is 0 Å². The Morgan fingerprint density at radius 3 is 2.47 bits per heavy atom. The molecule has 1 N–H and O–H groups in total. The van der Waals surface area contributed by atoms with E-state index in [1.54, 1.807) is 4.90 Å². The summed E-state index contributed by atoms with van der Waals surface area (Å²) in [5.41, 5.74) is -0.0207. The molecule has 0 bridgehead atoms. The van der Waals surface area contributed by atoms with Crippen LogP contribution in [0, 0.1) is 21.4 Å². The van der Waals surface area contributed by atoms with E-state index >= 15 is 0 Å². The molecule has 0 radical (unpaired) electrons. The maximum Gasteiger partial charge on any atom is 0.311 e. The molecule has 9 nitrogen and oxygen atoms in total. The summed E-state index contributed by atoms with van der Waals surface area (Å²) in [6, 6.07) is 4.20. The highest BCUT2D eigenvalue weighted by molar-refractivity contribution is 5.95. The minimum Gasteiger partial charge on any atom is -0.490 e. The van der Waals surface area contributed by atoms with Gasteiger partial charge in [-0.15, -0.1) is 0 Å². The third-order valence-corrected chi connectivity index (χ3v) is 5.26. The van der Waals surface area contributed by atoms with Crippen LogP contribution in [0.5, 0.6) is 5.75 Å². The number of carbonyl (C=O) groups excluding carboxylic acids is 2. The molecule has 1 saturated heterocycles. The number of hydrogen-bond donors (Lipinski definition) is 1. The van der Waals surface area contributed by atoms with E-state index in [-0.39, 0.29) is 40.1 Å². The lowest BCUT2D eigenvalue weighted by atomic mass is 9.91. The summed E-state index contributed by atoms with van der Waals surface area (Å²) >= 11 is 0. The van der Waals surface area contributed by atoms with Crippen LogP contribution in [0.3, 0.4) is 0 Å². The van der Waals surface area contributed by atoms with Crippen molar-refractivity contribution in [1.82, 2.24) is 15.1 Å². The molecule has 1 aliphatic rings. The number of methoxy groups -OCH3 is 1. The van der Waals surface area contributed by atoms with Crippen LogP contribution in [-0.2, 0) is 4.79 Å². The topological polar surface area (TPSA) is 105 Å². The van der Waals surface area contributed by atoms with Gasteiger partial charge in [0.25, 0.3) is 5.91 Å². The van der Waals surface area contributed by atoms with Crippen LogP contribution < -0.4 is 10.1 Å². The largest absolute Gasteiger partial charge is 0.490 e. The van der Waals surface area contributed by atoms with E-state index < -0.39 is 4.92 Å². The Hall–Kier alpha value is -2.68. The minimum atomic E-state index is -0.565. The van der Waals surface area contributed by atoms with Gasteiger partial charge in [-0.1, -0.05) is 13.8 Å². The number of nitrogens with one attached hydrogen (secondary N) is 1. The van der Waals surface area contributed by atoms with Gasteiger partial charge in [-0.2, -0.15) is 0 Å². The van der Waals surface area contributed by atoms with Crippen molar-refractivity contribution in [1.29, 1.82) is 0 Å². The Bertz CT molecular complexity index is 786. The van der Waals surface area contributed by atoms with Crippen LogP contribution in [0.15, 0.2) is 18.2 Å². The van der Waals surface area contributed by atoms with E-state index in [2.05, 4.69) is 24.1 Å². The van der Waals surface area contributed by atoms with Crippen molar-refractivity contribution >= 4 is 17.5 Å². The second-order valence-electron chi connectivity index (χ2n) is 8.83. The SMILES string of the molecule is COc1ccc(C(=O)N2CCC(C(=O)NCC(C)(C)CN(C)C)CC2)cc1[N+](=O)[O-]. The number of benzene rings is 1. The van der Waals surface area contributed by atoms with Crippen molar-refractivity contribution in [3.8, 4) is 5.75 Å². The molecular formula is C21H32N4O5. The van der Waals surface area contributed by atoms with Crippen molar-refractivity contribution in [3.63, 3.8) is 0 Å². The van der Waals surface area contributed by atoms with Crippen LogP contribution >= 0.6 is 0 Å². The summed E-state index contributed by atoms with van der Waals surface area (Å²) in [6.07, 6.45) is 1.15. The van der Waals surface area contributed by atoms with Gasteiger partial charge in [-0.05, 0) is 44.5 Å². The first-order valence-corrected chi connectivity index (χ1v) is 10.1. The summed E-state index contributed by atoms with van der Waals surface area (Å²) < 4.78 is 4.98. The zero-order valence-corrected chi connectivity index (χ0v) is 18.4. The van der Waals surface area contributed by atoms with Gasteiger partial charge < -0.3 is 19.9 Å². The molecule has 30 heavy (non-hydrogen) atoms. The number of likely N-dealkylation sites (tertiary alicyclic amines) is 1. The molecule has 0 unspecified atom stereocenters. The first-order valence-electron chi connectivity index (χ1n) is 10.1. The molecule has 1 aromatic carbocycles. The molecule has 0 aliphatic carbocycles. The number of piperidine rings is 1. The first-order chi connectivity index (χ1) is 14.0. The lowest BCUT2D eigenvalue weighted by molar-refractivity contribution is -0.385. The Kier molecular flexibility index (Phi) is 7.77. The molecule has 2 amide bonds. The third-order valence-electron chi connectivity index (χ3n) is 5.26. The lowest BCUT2D eigenvalue weighted by Crippen LogP contribution is -2.46. The van der Waals surface area contributed by atoms with E-state index in [0.29, 0.717) is 32.5 Å². The van der Waals surface area contributed by atoms with Gasteiger partial charge in [0.15, 0.2) is 5.75 Å². The van der Waals surface area contributed by atoms with Gasteiger partial charge in [0.05, 0.1) is 12.0 Å². The van der Waals surface area contributed by atoms with Gasteiger partial charge in [-0.3, -0.25) is 19.7 Å². The van der Waals surface area contributed by atoms with Crippen molar-refractivity contribution < 1.29 is 19.2 Å². The highest BCUT2D eigenvalue weighted by Crippen LogP contribution is 2.29. The fraction of sp³-hybridized carbons (Fsp3) is 0.619. The van der Waals surface area contributed by atoms with Gasteiger partial charge >= 0.3 is 5.69 Å². The standard InChI is InChI=1S/C21H32N4O5/c1-21(2,14-23(3)4)13-22-19(26)15-8-10-24(11-9-15)20(27)16-6-7-18(30-5)17(12-16)25(28)29/h6-7,12,15H,8-11,13-14H2,1-5H3,(H,22,26). The number of hydrogen-bond acceptors (Lipinski definition) is 6. The molecule has 0 atom stereocenters. The zero-order chi connectivity index (χ0) is 22.5. The zero-order valence-electron chi connectivity index (χ0n) is 18.4. The molecule has 0 spiro atoms. The Morgan fingerprint density at radius 2 is 1.93 bits per heavy atom. The summed E-state index contributed by atoms with van der Waals surface area (Å²) in [5, 5.41) is 14.2. The fourth-order valence-corrected chi connectivity index (χ4v) is 3.88. The molecular weight excluding hydrogens is 388 g/mol. The average molecular weight is 421 g/mol. The molecule has 1 fully saturated rings. The van der Waals surface area contributed by atoms with E-state index in [0.717, 1.165) is 6.54 Å². The number of nitrogens with zero attached hydrogens (tertiary/aromatic N) is 3. The van der Waals surface area contributed by atoms with Crippen LogP contribution in [0.2, 0.25) is 0 Å². The number of ether oxygens (including phenoxy) is 1. The van der Waals surface area contributed by atoms with E-state index in [1.807, 2.05) is 14.1 Å². The number of rotatable bonds is 8.